The van der Waals surface area contributed by atoms with Crippen molar-refractivity contribution < 1.29 is 27.1 Å². The number of rotatable bonds is 3. The summed E-state index contributed by atoms with van der Waals surface area (Å²) in [6.07, 6.45) is 1.29. The van der Waals surface area contributed by atoms with E-state index in [-0.39, 0.29) is 5.78 Å². The lowest BCUT2D eigenvalue weighted by molar-refractivity contribution is -0.129. The number of ketones is 1. The van der Waals surface area contributed by atoms with Crippen LogP contribution >= 0.6 is 0 Å². The number of carbonyl (C=O) groups excluding carboxylic acids is 2. The molecule has 0 amide bonds. The van der Waals surface area contributed by atoms with Crippen LogP contribution in [0.25, 0.3) is 0 Å². The topological polar surface area (TPSA) is 104 Å². The number of Topliss-reactive ketones (excluding diaryl/α,β-unsaturated/α-hetero) is 1. The minimum atomic E-state index is -4.06. The minimum absolute atomic E-state index is 0.211. The van der Waals surface area contributed by atoms with Crippen LogP contribution in [-0.2, 0) is 19.6 Å². The summed E-state index contributed by atoms with van der Waals surface area (Å²) in [5.41, 5.74) is -0.556. The molecule has 0 spiro atoms. The fourth-order valence-corrected chi connectivity index (χ4v) is 2.65. The number of hydrogen-bond donors (Lipinski definition) is 1. The van der Waals surface area contributed by atoms with Crippen molar-refractivity contribution >= 4 is 21.8 Å². The summed E-state index contributed by atoms with van der Waals surface area (Å²) in [5, 5.41) is 4.93. The number of halogens is 1. The van der Waals surface area contributed by atoms with Crippen molar-refractivity contribution in [2.45, 2.75) is 36.7 Å². The highest BCUT2D eigenvalue weighted by Gasteiger charge is 2.27. The zero-order valence-corrected chi connectivity index (χ0v) is 11.9. The molecule has 21 heavy (non-hydrogen) atoms. The Kier molecular flexibility index (Phi) is 4.38. The Morgan fingerprint density at radius 1 is 1.33 bits per heavy atom. The van der Waals surface area contributed by atoms with E-state index in [1.807, 2.05) is 0 Å². The van der Waals surface area contributed by atoms with Crippen molar-refractivity contribution in [2.75, 3.05) is 0 Å². The van der Waals surface area contributed by atoms with E-state index in [1.165, 1.54) is 0 Å². The maximum absolute atomic E-state index is 13.6. The average molecular weight is 315 g/mol. The van der Waals surface area contributed by atoms with Gasteiger partial charge in [-0.1, -0.05) is 0 Å². The number of carbonyl (C=O) groups is 2. The van der Waals surface area contributed by atoms with Gasteiger partial charge in [0.1, 0.15) is 5.82 Å². The van der Waals surface area contributed by atoms with E-state index in [0.29, 0.717) is 12.8 Å². The van der Waals surface area contributed by atoms with Gasteiger partial charge in [-0.05, 0) is 37.5 Å². The van der Waals surface area contributed by atoms with E-state index < -0.39 is 38.4 Å². The Balaban J connectivity index is 2.24. The summed E-state index contributed by atoms with van der Waals surface area (Å²) in [4.78, 5) is 23.1. The summed E-state index contributed by atoms with van der Waals surface area (Å²) in [7, 11) is -4.06. The largest absolute Gasteiger partial charge is 0.451 e. The molecule has 1 aliphatic rings. The molecule has 1 aromatic rings. The number of esters is 1. The van der Waals surface area contributed by atoms with Crippen molar-refractivity contribution in [3.05, 3.63) is 29.6 Å². The normalized spacial score (nSPS) is 19.3. The molecule has 1 saturated carbocycles. The fourth-order valence-electron chi connectivity index (χ4n) is 2.11. The fraction of sp³-hybridized carbons (Fsp3) is 0.385. The van der Waals surface area contributed by atoms with E-state index in [2.05, 4.69) is 0 Å². The van der Waals surface area contributed by atoms with Crippen LogP contribution in [0.2, 0.25) is 0 Å². The Labute approximate surface area is 121 Å². The third kappa shape index (κ3) is 3.64. The van der Waals surface area contributed by atoms with Gasteiger partial charge in [0, 0.05) is 6.42 Å². The zero-order chi connectivity index (χ0) is 15.6. The molecule has 1 aliphatic carbocycles. The third-order valence-corrected chi connectivity index (χ3v) is 4.15. The summed E-state index contributed by atoms with van der Waals surface area (Å²) in [6, 6.07) is 2.58. The SMILES string of the molecule is NS(=O)(=O)c1ccc(F)c(C(=O)O[C@@H]2CCCCC2=O)c1. The number of benzene rings is 1. The van der Waals surface area contributed by atoms with Gasteiger partial charge >= 0.3 is 5.97 Å². The third-order valence-electron chi connectivity index (χ3n) is 3.23. The number of nitrogens with two attached hydrogens (primary N) is 1. The van der Waals surface area contributed by atoms with Crippen LogP contribution in [0.4, 0.5) is 4.39 Å². The lowest BCUT2D eigenvalue weighted by Crippen LogP contribution is -2.30. The molecule has 0 heterocycles. The van der Waals surface area contributed by atoms with Gasteiger partial charge in [-0.15, -0.1) is 0 Å². The Morgan fingerprint density at radius 3 is 2.67 bits per heavy atom. The van der Waals surface area contributed by atoms with E-state index >= 15 is 0 Å². The average Bonchev–Trinajstić information content (AvgIpc) is 2.40. The molecule has 6 nitrogen and oxygen atoms in total. The van der Waals surface area contributed by atoms with Gasteiger partial charge in [0.25, 0.3) is 0 Å². The molecule has 2 N–H and O–H groups in total. The van der Waals surface area contributed by atoms with Crippen LogP contribution in [0.3, 0.4) is 0 Å². The first-order valence-corrected chi connectivity index (χ1v) is 7.90. The van der Waals surface area contributed by atoms with Gasteiger partial charge in [-0.2, -0.15) is 0 Å². The molecule has 0 aliphatic heterocycles. The first kappa shape index (κ1) is 15.6. The molecule has 0 unspecified atom stereocenters. The molecule has 0 radical (unpaired) electrons. The maximum atomic E-state index is 13.6. The second-order valence-electron chi connectivity index (χ2n) is 4.79. The minimum Gasteiger partial charge on any atom is -0.451 e. The monoisotopic (exact) mass is 315 g/mol. The predicted octanol–water partition coefficient (Wildman–Crippen LogP) is 1.14. The van der Waals surface area contributed by atoms with Gasteiger partial charge in [0.2, 0.25) is 10.0 Å². The van der Waals surface area contributed by atoms with Crippen molar-refractivity contribution in [1.82, 2.24) is 0 Å². The summed E-state index contributed by atoms with van der Waals surface area (Å²) in [5.74, 6) is -2.22. The summed E-state index contributed by atoms with van der Waals surface area (Å²) >= 11 is 0. The molecule has 1 aromatic carbocycles. The smallest absolute Gasteiger partial charge is 0.341 e. The molecule has 2 rings (SSSR count). The number of ether oxygens (including phenoxy) is 1. The van der Waals surface area contributed by atoms with Crippen LogP contribution in [0.15, 0.2) is 23.1 Å². The molecular weight excluding hydrogens is 301 g/mol. The highest BCUT2D eigenvalue weighted by atomic mass is 32.2. The second kappa shape index (κ2) is 5.90. The lowest BCUT2D eigenvalue weighted by Gasteiger charge is -2.20. The van der Waals surface area contributed by atoms with Crippen LogP contribution < -0.4 is 5.14 Å². The van der Waals surface area contributed by atoms with Gasteiger partial charge in [-0.3, -0.25) is 4.79 Å². The van der Waals surface area contributed by atoms with Gasteiger partial charge in [-0.25, -0.2) is 22.7 Å². The Morgan fingerprint density at radius 2 is 2.05 bits per heavy atom. The lowest BCUT2D eigenvalue weighted by atomic mass is 9.96. The van der Waals surface area contributed by atoms with Crippen molar-refractivity contribution in [2.24, 2.45) is 5.14 Å². The molecule has 0 bridgehead atoms. The maximum Gasteiger partial charge on any atom is 0.341 e. The molecule has 1 fully saturated rings. The highest BCUT2D eigenvalue weighted by Crippen LogP contribution is 2.21. The molecular formula is C13H14FNO5S. The highest BCUT2D eigenvalue weighted by molar-refractivity contribution is 7.89. The number of sulfonamides is 1. The van der Waals surface area contributed by atoms with Crippen molar-refractivity contribution in [1.29, 1.82) is 0 Å². The number of hydrogen-bond acceptors (Lipinski definition) is 5. The van der Waals surface area contributed by atoms with Gasteiger partial charge < -0.3 is 4.74 Å². The van der Waals surface area contributed by atoms with Crippen LogP contribution in [0, 0.1) is 5.82 Å². The second-order valence-corrected chi connectivity index (χ2v) is 6.35. The first-order valence-electron chi connectivity index (χ1n) is 6.35. The molecule has 0 aromatic heterocycles. The predicted molar refractivity (Wildman–Crippen MR) is 70.5 cm³/mol. The summed E-state index contributed by atoms with van der Waals surface area (Å²) < 4.78 is 41.0. The van der Waals surface area contributed by atoms with E-state index in [1.54, 1.807) is 0 Å². The number of primary sulfonamides is 1. The standard InChI is InChI=1S/C13H14FNO5S/c14-10-6-5-8(21(15,18)19)7-9(10)13(17)20-12-4-2-1-3-11(12)16/h5-7,12H,1-4H2,(H2,15,18,19)/t12-/m1/s1. The van der Waals surface area contributed by atoms with Crippen molar-refractivity contribution in [3.8, 4) is 0 Å². The van der Waals surface area contributed by atoms with Crippen molar-refractivity contribution in [3.63, 3.8) is 0 Å². The zero-order valence-electron chi connectivity index (χ0n) is 11.0. The first-order chi connectivity index (χ1) is 9.79. The van der Waals surface area contributed by atoms with Gasteiger partial charge in [0.15, 0.2) is 11.9 Å². The molecule has 114 valence electrons. The Bertz CT molecular complexity index is 686. The van der Waals surface area contributed by atoms with Gasteiger partial charge in [0.05, 0.1) is 10.5 Å². The van der Waals surface area contributed by atoms with E-state index in [4.69, 9.17) is 9.88 Å². The molecule has 0 saturated heterocycles. The molecule has 1 atom stereocenters. The quantitative estimate of drug-likeness (QED) is 0.842. The van der Waals surface area contributed by atoms with E-state index in [0.717, 1.165) is 31.0 Å². The summed E-state index contributed by atoms with van der Waals surface area (Å²) in [6.45, 7) is 0. The van der Waals surface area contributed by atoms with Crippen LogP contribution in [0.1, 0.15) is 36.0 Å². The molecule has 8 heteroatoms. The van der Waals surface area contributed by atoms with Crippen LogP contribution in [-0.4, -0.2) is 26.3 Å². The Hall–Kier alpha value is -1.80. The van der Waals surface area contributed by atoms with Crippen LogP contribution in [0.5, 0.6) is 0 Å². The van der Waals surface area contributed by atoms with E-state index in [9.17, 15) is 22.4 Å².